The van der Waals surface area contributed by atoms with E-state index in [9.17, 15) is 4.79 Å². The number of hydrogen-bond donors (Lipinski definition) is 2. The van der Waals surface area contributed by atoms with Gasteiger partial charge in [-0.25, -0.2) is 9.78 Å². The number of rotatable bonds is 2. The van der Waals surface area contributed by atoms with Crippen molar-refractivity contribution in [3.63, 3.8) is 0 Å². The summed E-state index contributed by atoms with van der Waals surface area (Å²) in [6.45, 7) is 1.75. The largest absolute Gasteiger partial charge is 0.479 e. The Hall–Kier alpha value is -0.940. The molecule has 2 N–H and O–H groups in total. The van der Waals surface area contributed by atoms with Crippen molar-refractivity contribution in [2.75, 3.05) is 0 Å². The number of nitrogens with zero attached hydrogens (tertiary/aromatic N) is 1. The van der Waals surface area contributed by atoms with E-state index in [2.05, 4.69) is 4.98 Å². The first kappa shape index (κ1) is 8.16. The van der Waals surface area contributed by atoms with Crippen LogP contribution in [0.4, 0.5) is 0 Å². The van der Waals surface area contributed by atoms with Crippen molar-refractivity contribution in [2.24, 2.45) is 0 Å². The summed E-state index contributed by atoms with van der Waals surface area (Å²) in [6, 6.07) is 0. The summed E-state index contributed by atoms with van der Waals surface area (Å²) in [5, 5.41) is 19.6. The second-order valence-corrected chi connectivity index (χ2v) is 3.09. The molecule has 1 heterocycles. The molecule has 1 unspecified atom stereocenters. The van der Waals surface area contributed by atoms with E-state index in [0.717, 1.165) is 5.01 Å². The van der Waals surface area contributed by atoms with Gasteiger partial charge in [0.05, 0.1) is 10.7 Å². The molecule has 0 saturated heterocycles. The highest BCUT2D eigenvalue weighted by Crippen LogP contribution is 2.15. The van der Waals surface area contributed by atoms with Crippen LogP contribution >= 0.6 is 11.3 Å². The zero-order valence-corrected chi connectivity index (χ0v) is 6.63. The molecule has 0 aromatic carbocycles. The maximum atomic E-state index is 10.2. The third-order valence-corrected chi connectivity index (χ3v) is 1.94. The van der Waals surface area contributed by atoms with Crippen LogP contribution in [-0.2, 0) is 4.79 Å². The number of aliphatic hydroxyl groups excluding tert-OH is 1. The normalized spacial score (nSPS) is 12.9. The van der Waals surface area contributed by atoms with Crippen molar-refractivity contribution in [3.05, 3.63) is 16.1 Å². The van der Waals surface area contributed by atoms with Gasteiger partial charge in [0, 0.05) is 5.38 Å². The molecular formula is C6H7NO3S. The first-order chi connectivity index (χ1) is 5.11. The molecule has 0 fully saturated rings. The fourth-order valence-electron chi connectivity index (χ4n) is 0.632. The molecule has 1 aromatic rings. The molecule has 0 aliphatic carbocycles. The van der Waals surface area contributed by atoms with Crippen LogP contribution in [0.15, 0.2) is 5.38 Å². The Morgan fingerprint density at radius 2 is 2.45 bits per heavy atom. The quantitative estimate of drug-likeness (QED) is 0.685. The minimum Gasteiger partial charge on any atom is -0.479 e. The monoisotopic (exact) mass is 173 g/mol. The molecule has 11 heavy (non-hydrogen) atoms. The number of aliphatic carboxylic acids is 1. The van der Waals surface area contributed by atoms with Gasteiger partial charge in [0.1, 0.15) is 0 Å². The Balaban J connectivity index is 2.84. The Labute approximate surface area is 67.1 Å². The number of aromatic nitrogens is 1. The van der Waals surface area contributed by atoms with E-state index in [0.29, 0.717) is 0 Å². The second kappa shape index (κ2) is 2.98. The van der Waals surface area contributed by atoms with Gasteiger partial charge in [0.2, 0.25) is 0 Å². The Kier molecular flexibility index (Phi) is 2.21. The summed E-state index contributed by atoms with van der Waals surface area (Å²) in [5.74, 6) is -1.27. The van der Waals surface area contributed by atoms with Gasteiger partial charge in [-0.2, -0.15) is 0 Å². The summed E-state index contributed by atoms with van der Waals surface area (Å²) in [5.41, 5.74) is 0.208. The van der Waals surface area contributed by atoms with Crippen LogP contribution in [0.1, 0.15) is 16.8 Å². The van der Waals surface area contributed by atoms with Crippen LogP contribution in [0, 0.1) is 6.92 Å². The van der Waals surface area contributed by atoms with E-state index in [1.807, 2.05) is 0 Å². The zero-order valence-electron chi connectivity index (χ0n) is 5.81. The van der Waals surface area contributed by atoms with Crippen molar-refractivity contribution >= 4 is 17.3 Å². The van der Waals surface area contributed by atoms with Crippen LogP contribution in [-0.4, -0.2) is 21.2 Å². The lowest BCUT2D eigenvalue weighted by Crippen LogP contribution is -2.10. The van der Waals surface area contributed by atoms with Gasteiger partial charge < -0.3 is 10.2 Å². The van der Waals surface area contributed by atoms with Crippen LogP contribution < -0.4 is 0 Å². The van der Waals surface area contributed by atoms with Crippen molar-refractivity contribution in [1.82, 2.24) is 4.98 Å². The van der Waals surface area contributed by atoms with Crippen molar-refractivity contribution in [1.29, 1.82) is 0 Å². The molecule has 0 aliphatic heterocycles. The fraction of sp³-hybridized carbons (Fsp3) is 0.333. The van der Waals surface area contributed by atoms with Crippen molar-refractivity contribution in [3.8, 4) is 0 Å². The molecule has 5 heteroatoms. The number of aliphatic hydroxyl groups is 1. The van der Waals surface area contributed by atoms with Gasteiger partial charge in [-0.1, -0.05) is 0 Å². The Morgan fingerprint density at radius 1 is 1.82 bits per heavy atom. The first-order valence-corrected chi connectivity index (χ1v) is 3.82. The number of hydrogen-bond acceptors (Lipinski definition) is 4. The van der Waals surface area contributed by atoms with E-state index < -0.39 is 12.1 Å². The minimum absolute atomic E-state index is 0.208. The highest BCUT2D eigenvalue weighted by atomic mass is 32.1. The molecule has 1 atom stereocenters. The smallest absolute Gasteiger partial charge is 0.338 e. The average Bonchev–Trinajstić information content (AvgIpc) is 2.34. The molecule has 0 aliphatic rings. The third kappa shape index (κ3) is 1.75. The van der Waals surface area contributed by atoms with Crippen LogP contribution in [0.3, 0.4) is 0 Å². The van der Waals surface area contributed by atoms with E-state index in [1.165, 1.54) is 16.7 Å². The summed E-state index contributed by atoms with van der Waals surface area (Å²) in [6.07, 6.45) is -1.49. The molecular weight excluding hydrogens is 166 g/mol. The Morgan fingerprint density at radius 3 is 2.82 bits per heavy atom. The van der Waals surface area contributed by atoms with E-state index in [-0.39, 0.29) is 5.69 Å². The lowest BCUT2D eigenvalue weighted by Gasteiger charge is -1.98. The topological polar surface area (TPSA) is 70.4 Å². The highest BCUT2D eigenvalue weighted by molar-refractivity contribution is 7.09. The molecule has 4 nitrogen and oxygen atoms in total. The molecule has 1 rings (SSSR count). The highest BCUT2D eigenvalue weighted by Gasteiger charge is 2.17. The van der Waals surface area contributed by atoms with E-state index >= 15 is 0 Å². The van der Waals surface area contributed by atoms with Crippen molar-refractivity contribution in [2.45, 2.75) is 13.0 Å². The molecule has 0 spiro atoms. The summed E-state index contributed by atoms with van der Waals surface area (Å²) < 4.78 is 0. The average molecular weight is 173 g/mol. The predicted molar refractivity (Wildman–Crippen MR) is 39.4 cm³/mol. The molecule has 0 saturated carbocycles. The van der Waals surface area contributed by atoms with Gasteiger partial charge in [0.15, 0.2) is 6.10 Å². The second-order valence-electron chi connectivity index (χ2n) is 2.03. The number of thiazole rings is 1. The number of carbonyl (C=O) groups is 1. The lowest BCUT2D eigenvalue weighted by atomic mass is 10.3. The molecule has 1 aromatic heterocycles. The summed E-state index contributed by atoms with van der Waals surface area (Å²) >= 11 is 1.32. The lowest BCUT2D eigenvalue weighted by molar-refractivity contribution is -0.147. The van der Waals surface area contributed by atoms with E-state index in [4.69, 9.17) is 10.2 Å². The molecule has 0 bridgehead atoms. The molecule has 0 amide bonds. The zero-order chi connectivity index (χ0) is 8.43. The van der Waals surface area contributed by atoms with Gasteiger partial charge in [-0.05, 0) is 6.92 Å². The minimum atomic E-state index is -1.49. The Bertz CT molecular complexity index is 271. The van der Waals surface area contributed by atoms with Gasteiger partial charge in [-0.3, -0.25) is 0 Å². The SMILES string of the molecule is Cc1nc(C(O)C(=O)O)cs1. The molecule has 60 valence electrons. The van der Waals surface area contributed by atoms with Gasteiger partial charge in [0.25, 0.3) is 0 Å². The molecule has 0 radical (unpaired) electrons. The summed E-state index contributed by atoms with van der Waals surface area (Å²) in [7, 11) is 0. The standard InChI is InChI=1S/C6H7NO3S/c1-3-7-4(2-11-3)5(8)6(9)10/h2,5,8H,1H3,(H,9,10). The van der Waals surface area contributed by atoms with Crippen LogP contribution in [0.2, 0.25) is 0 Å². The first-order valence-electron chi connectivity index (χ1n) is 2.94. The maximum Gasteiger partial charge on any atom is 0.338 e. The van der Waals surface area contributed by atoms with Crippen molar-refractivity contribution < 1.29 is 15.0 Å². The number of carboxylic acid groups (broad SMARTS) is 1. The van der Waals surface area contributed by atoms with Gasteiger partial charge >= 0.3 is 5.97 Å². The van der Waals surface area contributed by atoms with Gasteiger partial charge in [-0.15, -0.1) is 11.3 Å². The van der Waals surface area contributed by atoms with Crippen LogP contribution in [0.5, 0.6) is 0 Å². The predicted octanol–water partition coefficient (Wildman–Crippen LogP) is 0.570. The number of aryl methyl sites for hydroxylation is 1. The maximum absolute atomic E-state index is 10.2. The summed E-state index contributed by atoms with van der Waals surface area (Å²) in [4.78, 5) is 14.0. The third-order valence-electron chi connectivity index (χ3n) is 1.15. The van der Waals surface area contributed by atoms with E-state index in [1.54, 1.807) is 6.92 Å². The number of carboxylic acids is 1. The van der Waals surface area contributed by atoms with Crippen LogP contribution in [0.25, 0.3) is 0 Å². The fourth-order valence-corrected chi connectivity index (χ4v) is 1.26.